The standard InChI is InChI=1S/C15H27NO4/c1-5-20-8-13(9(2)3)16-14(17)11-6-10(4)7-12(11)15(18)19/h9-13H,5-8H2,1-4H3,(H,16,17)(H,18,19)/t10?,11-,12+,13?/m0/s1. The maximum absolute atomic E-state index is 12.4. The number of ether oxygens (including phenoxy) is 1. The van der Waals surface area contributed by atoms with Gasteiger partial charge in [0.25, 0.3) is 0 Å². The molecule has 20 heavy (non-hydrogen) atoms. The van der Waals surface area contributed by atoms with Crippen molar-refractivity contribution in [2.24, 2.45) is 23.7 Å². The molecular formula is C15H27NO4. The number of nitrogens with one attached hydrogen (secondary N) is 1. The maximum atomic E-state index is 12.4. The minimum absolute atomic E-state index is 0.0622. The number of carbonyl (C=O) groups excluding carboxylic acids is 1. The van der Waals surface area contributed by atoms with Crippen LogP contribution >= 0.6 is 0 Å². The van der Waals surface area contributed by atoms with Gasteiger partial charge >= 0.3 is 5.97 Å². The molecule has 0 aromatic carbocycles. The summed E-state index contributed by atoms with van der Waals surface area (Å²) >= 11 is 0. The normalized spacial score (nSPS) is 27.6. The van der Waals surface area contributed by atoms with Crippen LogP contribution in [0.5, 0.6) is 0 Å². The fourth-order valence-electron chi connectivity index (χ4n) is 2.79. The quantitative estimate of drug-likeness (QED) is 0.749. The summed E-state index contributed by atoms with van der Waals surface area (Å²) in [6.07, 6.45) is 1.24. The first-order valence-electron chi connectivity index (χ1n) is 7.47. The molecule has 0 radical (unpaired) electrons. The molecule has 4 atom stereocenters. The van der Waals surface area contributed by atoms with Crippen LogP contribution in [0.2, 0.25) is 0 Å². The highest BCUT2D eigenvalue weighted by molar-refractivity contribution is 5.85. The SMILES string of the molecule is CCOCC(NC(=O)[C@H]1CC(C)C[C@H]1C(=O)O)C(C)C. The van der Waals surface area contributed by atoms with Crippen LogP contribution in [0, 0.1) is 23.7 Å². The third-order valence-electron chi connectivity index (χ3n) is 4.09. The second-order valence-electron chi connectivity index (χ2n) is 6.15. The van der Waals surface area contributed by atoms with Crippen LogP contribution in [0.3, 0.4) is 0 Å². The number of amides is 1. The van der Waals surface area contributed by atoms with Gasteiger partial charge in [-0.05, 0) is 31.6 Å². The number of rotatable bonds is 7. The van der Waals surface area contributed by atoms with Crippen LogP contribution in [-0.2, 0) is 14.3 Å². The molecule has 1 aliphatic carbocycles. The van der Waals surface area contributed by atoms with Crippen molar-refractivity contribution >= 4 is 11.9 Å². The summed E-state index contributed by atoms with van der Waals surface area (Å²) < 4.78 is 5.38. The van der Waals surface area contributed by atoms with Crippen molar-refractivity contribution in [2.45, 2.75) is 46.6 Å². The van der Waals surface area contributed by atoms with Gasteiger partial charge in [0, 0.05) is 6.61 Å². The minimum atomic E-state index is -0.861. The molecule has 5 nitrogen and oxygen atoms in total. The van der Waals surface area contributed by atoms with Gasteiger partial charge in [-0.25, -0.2) is 0 Å². The van der Waals surface area contributed by atoms with Crippen molar-refractivity contribution in [3.63, 3.8) is 0 Å². The van der Waals surface area contributed by atoms with Gasteiger partial charge < -0.3 is 15.2 Å². The van der Waals surface area contributed by atoms with Crippen molar-refractivity contribution in [3.05, 3.63) is 0 Å². The molecule has 1 rings (SSSR count). The van der Waals surface area contributed by atoms with Gasteiger partial charge in [-0.3, -0.25) is 9.59 Å². The molecule has 1 fully saturated rings. The predicted molar refractivity (Wildman–Crippen MR) is 76.3 cm³/mol. The van der Waals surface area contributed by atoms with Crippen molar-refractivity contribution < 1.29 is 19.4 Å². The lowest BCUT2D eigenvalue weighted by Crippen LogP contribution is -2.46. The topological polar surface area (TPSA) is 75.6 Å². The lowest BCUT2D eigenvalue weighted by Gasteiger charge is -2.25. The summed E-state index contributed by atoms with van der Waals surface area (Å²) in [5, 5.41) is 12.2. The van der Waals surface area contributed by atoms with Crippen LogP contribution in [0.25, 0.3) is 0 Å². The number of carbonyl (C=O) groups is 2. The van der Waals surface area contributed by atoms with Crippen LogP contribution in [0.1, 0.15) is 40.5 Å². The zero-order valence-corrected chi connectivity index (χ0v) is 12.9. The summed E-state index contributed by atoms with van der Waals surface area (Å²) in [7, 11) is 0. The monoisotopic (exact) mass is 285 g/mol. The van der Waals surface area contributed by atoms with Gasteiger partial charge in [0.2, 0.25) is 5.91 Å². The summed E-state index contributed by atoms with van der Waals surface area (Å²) in [5.74, 6) is -1.42. The van der Waals surface area contributed by atoms with Crippen molar-refractivity contribution in [1.82, 2.24) is 5.32 Å². The molecule has 0 heterocycles. The Morgan fingerprint density at radius 3 is 2.40 bits per heavy atom. The van der Waals surface area contributed by atoms with E-state index in [9.17, 15) is 14.7 Å². The number of carboxylic acid groups (broad SMARTS) is 1. The lowest BCUT2D eigenvalue weighted by molar-refractivity contribution is -0.146. The molecule has 116 valence electrons. The Hall–Kier alpha value is -1.10. The number of aliphatic carboxylic acids is 1. The summed E-state index contributed by atoms with van der Waals surface area (Å²) in [5.41, 5.74) is 0. The van der Waals surface area contributed by atoms with Gasteiger partial charge in [0.15, 0.2) is 0 Å². The average molecular weight is 285 g/mol. The fraction of sp³-hybridized carbons (Fsp3) is 0.867. The van der Waals surface area contributed by atoms with E-state index in [4.69, 9.17) is 4.74 Å². The summed E-state index contributed by atoms with van der Waals surface area (Å²) in [4.78, 5) is 23.6. The molecule has 1 saturated carbocycles. The Balaban J connectivity index is 2.65. The zero-order valence-electron chi connectivity index (χ0n) is 12.9. The van der Waals surface area contributed by atoms with E-state index in [1.54, 1.807) is 0 Å². The number of carboxylic acids is 1. The average Bonchev–Trinajstić information content (AvgIpc) is 2.76. The first-order valence-corrected chi connectivity index (χ1v) is 7.47. The van der Waals surface area contributed by atoms with Gasteiger partial charge in [0.05, 0.1) is 24.5 Å². The smallest absolute Gasteiger partial charge is 0.307 e. The number of hydrogen-bond acceptors (Lipinski definition) is 3. The molecule has 1 aliphatic rings. The van der Waals surface area contributed by atoms with E-state index in [0.29, 0.717) is 26.1 Å². The molecule has 0 aromatic rings. The van der Waals surface area contributed by atoms with E-state index in [-0.39, 0.29) is 23.8 Å². The molecule has 0 aromatic heterocycles. The summed E-state index contributed by atoms with van der Waals surface area (Å²) in [6, 6.07) is -0.0622. The van der Waals surface area contributed by atoms with Crippen LogP contribution in [-0.4, -0.2) is 36.2 Å². The fourth-order valence-corrected chi connectivity index (χ4v) is 2.79. The highest BCUT2D eigenvalue weighted by Gasteiger charge is 2.41. The third kappa shape index (κ3) is 4.47. The van der Waals surface area contributed by atoms with Crippen molar-refractivity contribution in [1.29, 1.82) is 0 Å². The molecule has 2 unspecified atom stereocenters. The molecule has 0 aliphatic heterocycles. The van der Waals surface area contributed by atoms with E-state index in [1.165, 1.54) is 0 Å². The predicted octanol–water partition coefficient (Wildman–Crippen LogP) is 1.91. The Kier molecular flexibility index (Phi) is 6.46. The Morgan fingerprint density at radius 2 is 1.90 bits per heavy atom. The van der Waals surface area contributed by atoms with E-state index >= 15 is 0 Å². The maximum Gasteiger partial charge on any atom is 0.307 e. The molecule has 1 amide bonds. The molecule has 0 bridgehead atoms. The van der Waals surface area contributed by atoms with Crippen LogP contribution in [0.15, 0.2) is 0 Å². The van der Waals surface area contributed by atoms with E-state index in [2.05, 4.69) is 5.32 Å². The molecule has 5 heteroatoms. The first kappa shape index (κ1) is 17.0. The Bertz CT molecular complexity index is 343. The molecule has 0 saturated heterocycles. The second kappa shape index (κ2) is 7.62. The second-order valence-corrected chi connectivity index (χ2v) is 6.15. The van der Waals surface area contributed by atoms with Gasteiger partial charge in [-0.15, -0.1) is 0 Å². The largest absolute Gasteiger partial charge is 0.481 e. The van der Waals surface area contributed by atoms with Crippen molar-refractivity contribution in [2.75, 3.05) is 13.2 Å². The zero-order chi connectivity index (χ0) is 15.3. The van der Waals surface area contributed by atoms with Gasteiger partial charge in [0.1, 0.15) is 0 Å². The van der Waals surface area contributed by atoms with Crippen LogP contribution in [0.4, 0.5) is 0 Å². The Labute approximate surface area is 121 Å². The van der Waals surface area contributed by atoms with E-state index in [0.717, 1.165) is 0 Å². The Morgan fingerprint density at radius 1 is 1.30 bits per heavy atom. The first-order chi connectivity index (χ1) is 9.36. The number of hydrogen-bond donors (Lipinski definition) is 2. The lowest BCUT2D eigenvalue weighted by atomic mass is 9.94. The van der Waals surface area contributed by atoms with Crippen molar-refractivity contribution in [3.8, 4) is 0 Å². The highest BCUT2D eigenvalue weighted by atomic mass is 16.5. The molecular weight excluding hydrogens is 258 g/mol. The van der Waals surface area contributed by atoms with Gasteiger partial charge in [-0.2, -0.15) is 0 Å². The van der Waals surface area contributed by atoms with E-state index < -0.39 is 17.8 Å². The van der Waals surface area contributed by atoms with Gasteiger partial charge in [-0.1, -0.05) is 20.8 Å². The summed E-state index contributed by atoms with van der Waals surface area (Å²) in [6.45, 7) is 9.05. The third-order valence-corrected chi connectivity index (χ3v) is 4.09. The molecule has 0 spiro atoms. The highest BCUT2D eigenvalue weighted by Crippen LogP contribution is 2.36. The molecule has 2 N–H and O–H groups in total. The van der Waals surface area contributed by atoms with E-state index in [1.807, 2.05) is 27.7 Å². The minimum Gasteiger partial charge on any atom is -0.481 e. The van der Waals surface area contributed by atoms with Crippen LogP contribution < -0.4 is 5.32 Å².